The van der Waals surface area contributed by atoms with E-state index in [4.69, 9.17) is 9.47 Å². The second kappa shape index (κ2) is 13.3. The second-order valence-electron chi connectivity index (χ2n) is 14.5. The Morgan fingerprint density at radius 3 is 2.19 bits per heavy atom. The number of nitrogens with one attached hydrogen (secondary N) is 2. The smallest absolute Gasteiger partial charge is 0.407 e. The Kier molecular flexibility index (Phi) is 10.2. The van der Waals surface area contributed by atoms with Crippen LogP contribution in [-0.2, 0) is 14.3 Å². The fraction of sp³-hybridized carbons (Fsp3) is 0.727. The number of hydrogen-bond acceptors (Lipinski definition) is 6. The number of nitrogens with zero attached hydrogens (tertiary/aromatic N) is 1. The second-order valence-corrected chi connectivity index (χ2v) is 14.5. The van der Waals surface area contributed by atoms with E-state index < -0.39 is 11.7 Å². The van der Waals surface area contributed by atoms with Crippen molar-refractivity contribution in [3.8, 4) is 0 Å². The van der Waals surface area contributed by atoms with Crippen LogP contribution in [-0.4, -0.2) is 71.0 Å². The first-order chi connectivity index (χ1) is 19.7. The number of hydrogen-bond donors (Lipinski definition) is 3. The van der Waals surface area contributed by atoms with Gasteiger partial charge in [0.15, 0.2) is 0 Å². The van der Waals surface area contributed by atoms with E-state index in [9.17, 15) is 19.5 Å². The fourth-order valence-corrected chi connectivity index (χ4v) is 6.98. The summed E-state index contributed by atoms with van der Waals surface area (Å²) in [7, 11) is 0. The number of ether oxygens (including phenoxy) is 2. The average molecular weight is 586 g/mol. The van der Waals surface area contributed by atoms with Gasteiger partial charge in [-0.1, -0.05) is 52.9 Å². The van der Waals surface area contributed by atoms with E-state index in [0.717, 1.165) is 19.3 Å². The van der Waals surface area contributed by atoms with Gasteiger partial charge in [-0.15, -0.1) is 0 Å². The number of carbonyl (C=O) groups is 3. The molecule has 0 radical (unpaired) electrons. The van der Waals surface area contributed by atoms with Crippen molar-refractivity contribution in [2.24, 2.45) is 17.3 Å². The minimum Gasteiger partial charge on any atom is -0.465 e. The lowest BCUT2D eigenvalue weighted by Gasteiger charge is -2.46. The summed E-state index contributed by atoms with van der Waals surface area (Å²) >= 11 is 0. The van der Waals surface area contributed by atoms with Crippen molar-refractivity contribution in [3.63, 3.8) is 0 Å². The molecule has 1 aliphatic carbocycles. The summed E-state index contributed by atoms with van der Waals surface area (Å²) in [5, 5.41) is 16.3. The van der Waals surface area contributed by atoms with Crippen LogP contribution >= 0.6 is 0 Å². The fourth-order valence-electron chi connectivity index (χ4n) is 6.98. The average Bonchev–Trinajstić information content (AvgIpc) is 2.92. The lowest BCUT2D eigenvalue weighted by molar-refractivity contribution is -0.125. The largest absolute Gasteiger partial charge is 0.465 e. The molecular weight excluding hydrogens is 534 g/mol. The van der Waals surface area contributed by atoms with Gasteiger partial charge in [-0.05, 0) is 81.5 Å². The van der Waals surface area contributed by atoms with Gasteiger partial charge in [-0.3, -0.25) is 4.79 Å². The van der Waals surface area contributed by atoms with E-state index in [1.54, 1.807) is 29.2 Å². The molecule has 5 unspecified atom stereocenters. The summed E-state index contributed by atoms with van der Waals surface area (Å²) in [4.78, 5) is 39.4. The quantitative estimate of drug-likeness (QED) is 0.346. The van der Waals surface area contributed by atoms with Crippen LogP contribution in [0.4, 0.5) is 10.5 Å². The molecule has 234 valence electrons. The number of carbonyl (C=O) groups excluding carboxylic acids is 2. The standard InChI is InChI=1S/C33H51N3O6/c1-32(2,3)27-19-24(16-17-36(27)31(39)40)41-25-18-26(21-10-8-7-9-11-21)28(34-20-25)29(37)35-23-14-12-22(13-15-23)30(38)42-33(4,5)6/h12-15,21,24-28,34H,7-11,16-20H2,1-6H3,(H,35,37)(H,39,40). The SMILES string of the molecule is CC(C)(C)OC(=O)c1ccc(NC(=O)C2NCC(OC3CCN(C(=O)O)C(C(C)(C)C)C3)CC2C2CCCCC2)cc1. The van der Waals surface area contributed by atoms with Crippen LogP contribution in [0.25, 0.3) is 0 Å². The highest BCUT2D eigenvalue weighted by atomic mass is 16.6. The van der Waals surface area contributed by atoms with Crippen molar-refractivity contribution in [2.45, 2.75) is 123 Å². The highest BCUT2D eigenvalue weighted by Crippen LogP contribution is 2.39. The zero-order chi connectivity index (χ0) is 30.7. The number of piperidine rings is 2. The van der Waals surface area contributed by atoms with Crippen LogP contribution in [0.5, 0.6) is 0 Å². The molecule has 3 aliphatic rings. The van der Waals surface area contributed by atoms with Gasteiger partial charge in [-0.25, -0.2) is 9.59 Å². The van der Waals surface area contributed by atoms with Crippen molar-refractivity contribution in [3.05, 3.63) is 29.8 Å². The normalized spacial score (nSPS) is 27.8. The maximum absolute atomic E-state index is 13.6. The zero-order valence-corrected chi connectivity index (χ0v) is 26.3. The maximum Gasteiger partial charge on any atom is 0.407 e. The molecule has 2 amide bonds. The minimum atomic E-state index is -0.863. The Morgan fingerprint density at radius 1 is 0.929 bits per heavy atom. The Labute approximate surface area is 251 Å². The molecule has 1 aromatic carbocycles. The molecule has 2 heterocycles. The first kappa shape index (κ1) is 32.3. The summed E-state index contributed by atoms with van der Waals surface area (Å²) in [6.07, 6.45) is 7.17. The molecule has 0 spiro atoms. The van der Waals surface area contributed by atoms with Crippen molar-refractivity contribution in [2.75, 3.05) is 18.4 Å². The number of likely N-dealkylation sites (tertiary alicyclic amines) is 1. The van der Waals surface area contributed by atoms with Crippen LogP contribution < -0.4 is 10.6 Å². The van der Waals surface area contributed by atoms with Crippen molar-refractivity contribution in [1.29, 1.82) is 0 Å². The number of rotatable bonds is 6. The molecule has 5 atom stereocenters. The number of esters is 1. The van der Waals surface area contributed by atoms with Gasteiger partial charge in [0, 0.05) is 24.8 Å². The third kappa shape index (κ3) is 8.47. The number of benzene rings is 1. The van der Waals surface area contributed by atoms with Crippen molar-refractivity contribution < 1.29 is 29.0 Å². The van der Waals surface area contributed by atoms with Crippen LogP contribution in [0.2, 0.25) is 0 Å². The lowest BCUT2D eigenvalue weighted by atomic mass is 9.72. The summed E-state index contributed by atoms with van der Waals surface area (Å²) < 4.78 is 12.1. The topological polar surface area (TPSA) is 117 Å². The highest BCUT2D eigenvalue weighted by molar-refractivity contribution is 5.96. The Bertz CT molecular complexity index is 1090. The molecule has 4 rings (SSSR count). The zero-order valence-electron chi connectivity index (χ0n) is 26.3. The molecule has 0 bridgehead atoms. The van der Waals surface area contributed by atoms with Crippen LogP contribution in [0.15, 0.2) is 24.3 Å². The van der Waals surface area contributed by atoms with Gasteiger partial charge in [0.2, 0.25) is 5.91 Å². The van der Waals surface area contributed by atoms with Crippen LogP contribution in [0.1, 0.15) is 103 Å². The highest BCUT2D eigenvalue weighted by Gasteiger charge is 2.43. The van der Waals surface area contributed by atoms with Crippen LogP contribution in [0, 0.1) is 17.3 Å². The lowest BCUT2D eigenvalue weighted by Crippen LogP contribution is -2.58. The number of amides is 2. The molecule has 2 saturated heterocycles. The van der Waals surface area contributed by atoms with Gasteiger partial charge in [-0.2, -0.15) is 0 Å². The first-order valence-electron chi connectivity index (χ1n) is 15.7. The minimum absolute atomic E-state index is 0.00232. The molecule has 3 N–H and O–H groups in total. The number of carboxylic acid groups (broad SMARTS) is 1. The van der Waals surface area contributed by atoms with E-state index >= 15 is 0 Å². The van der Waals surface area contributed by atoms with Gasteiger partial charge >= 0.3 is 12.1 Å². The summed E-state index contributed by atoms with van der Waals surface area (Å²) in [5.74, 6) is 0.165. The van der Waals surface area contributed by atoms with Crippen molar-refractivity contribution in [1.82, 2.24) is 10.2 Å². The number of anilines is 1. The predicted molar refractivity (Wildman–Crippen MR) is 163 cm³/mol. The summed E-state index contributed by atoms with van der Waals surface area (Å²) in [5.41, 5.74) is 0.343. The van der Waals surface area contributed by atoms with E-state index in [1.807, 2.05) is 20.8 Å². The molecule has 0 aromatic heterocycles. The Morgan fingerprint density at radius 2 is 1.60 bits per heavy atom. The molecular formula is C33H51N3O6. The molecule has 9 heteroatoms. The van der Waals surface area contributed by atoms with Crippen LogP contribution in [0.3, 0.4) is 0 Å². The summed E-state index contributed by atoms with van der Waals surface area (Å²) in [6.45, 7) is 12.8. The van der Waals surface area contributed by atoms with E-state index in [-0.39, 0.29) is 47.5 Å². The molecule has 1 aromatic rings. The molecule has 1 saturated carbocycles. The van der Waals surface area contributed by atoms with E-state index in [0.29, 0.717) is 43.1 Å². The van der Waals surface area contributed by atoms with Gasteiger partial charge in [0.05, 0.1) is 23.8 Å². The molecule has 9 nitrogen and oxygen atoms in total. The first-order valence-corrected chi connectivity index (χ1v) is 15.7. The van der Waals surface area contributed by atoms with Gasteiger partial charge in [0.1, 0.15) is 5.60 Å². The molecule has 3 fully saturated rings. The van der Waals surface area contributed by atoms with E-state index in [2.05, 4.69) is 31.4 Å². The monoisotopic (exact) mass is 585 g/mol. The van der Waals surface area contributed by atoms with E-state index in [1.165, 1.54) is 19.3 Å². The molecule has 42 heavy (non-hydrogen) atoms. The van der Waals surface area contributed by atoms with Gasteiger partial charge < -0.3 is 30.1 Å². The van der Waals surface area contributed by atoms with Crippen molar-refractivity contribution >= 4 is 23.7 Å². The maximum atomic E-state index is 13.6. The Balaban J connectivity index is 1.40. The third-order valence-electron chi connectivity index (χ3n) is 9.04. The Hall–Kier alpha value is -2.65. The predicted octanol–water partition coefficient (Wildman–Crippen LogP) is 6.08. The third-order valence-corrected chi connectivity index (χ3v) is 9.04. The summed E-state index contributed by atoms with van der Waals surface area (Å²) in [6, 6.07) is 6.43. The van der Waals surface area contributed by atoms with Gasteiger partial charge in [0.25, 0.3) is 0 Å². The molecule has 2 aliphatic heterocycles.